The van der Waals surface area contributed by atoms with Crippen molar-refractivity contribution in [1.29, 1.82) is 0 Å². The number of carbonyl (C=O) groups excluding carboxylic acids is 2. The highest BCUT2D eigenvalue weighted by atomic mass is 35.5. The molecule has 1 heterocycles. The van der Waals surface area contributed by atoms with Crippen LogP contribution >= 0.6 is 23.4 Å². The molecule has 0 spiro atoms. The largest absolute Gasteiger partial charge is 0.545 e. The lowest BCUT2D eigenvalue weighted by molar-refractivity contribution is -0.255. The summed E-state index contributed by atoms with van der Waals surface area (Å²) < 4.78 is 10.9. The first-order chi connectivity index (χ1) is 14.3. The fourth-order valence-corrected chi connectivity index (χ4v) is 3.85. The number of hydrogen-bond acceptors (Lipinski definition) is 7. The van der Waals surface area contributed by atoms with Crippen molar-refractivity contribution in [1.82, 2.24) is 4.90 Å². The lowest BCUT2D eigenvalue weighted by atomic mass is 10.1. The zero-order valence-electron chi connectivity index (χ0n) is 16.5. The minimum atomic E-state index is -1.26. The molecule has 7 nitrogen and oxygen atoms in total. The van der Waals surface area contributed by atoms with E-state index in [1.807, 2.05) is 6.92 Å². The number of amides is 1. The van der Waals surface area contributed by atoms with Gasteiger partial charge in [-0.05, 0) is 54.1 Å². The summed E-state index contributed by atoms with van der Waals surface area (Å²) in [6, 6.07) is 9.26. The van der Waals surface area contributed by atoms with Crippen LogP contribution in [0.1, 0.15) is 22.8 Å². The van der Waals surface area contributed by atoms with Gasteiger partial charge in [-0.1, -0.05) is 23.7 Å². The van der Waals surface area contributed by atoms with Gasteiger partial charge in [-0.15, -0.1) is 0 Å². The van der Waals surface area contributed by atoms with E-state index in [0.717, 1.165) is 0 Å². The van der Waals surface area contributed by atoms with E-state index in [4.69, 9.17) is 21.1 Å². The second kappa shape index (κ2) is 9.23. The van der Waals surface area contributed by atoms with Gasteiger partial charge in [-0.2, -0.15) is 0 Å². The number of thioether (sulfide) groups is 1. The number of amidine groups is 1. The van der Waals surface area contributed by atoms with Gasteiger partial charge in [0.25, 0.3) is 5.91 Å². The Bertz CT molecular complexity index is 1050. The van der Waals surface area contributed by atoms with Crippen molar-refractivity contribution in [3.63, 3.8) is 0 Å². The number of aliphatic imine (C=N–C) groups is 1. The third-order valence-electron chi connectivity index (χ3n) is 4.20. The summed E-state index contributed by atoms with van der Waals surface area (Å²) >= 11 is 7.56. The number of rotatable bonds is 6. The van der Waals surface area contributed by atoms with E-state index in [1.165, 1.54) is 35.9 Å². The molecule has 9 heteroatoms. The number of hydrogen-bond donors (Lipinski definition) is 0. The van der Waals surface area contributed by atoms with Crippen molar-refractivity contribution in [3.05, 3.63) is 57.5 Å². The molecular weight excluding hydrogens is 428 g/mol. The van der Waals surface area contributed by atoms with Crippen LogP contribution in [0.4, 0.5) is 5.69 Å². The maximum absolute atomic E-state index is 12.7. The fourth-order valence-electron chi connectivity index (χ4n) is 2.66. The monoisotopic (exact) mass is 445 g/mol. The van der Waals surface area contributed by atoms with Crippen LogP contribution in [0.2, 0.25) is 5.02 Å². The fraction of sp³-hybridized carbons (Fsp3) is 0.190. The number of likely N-dealkylation sites (N-methyl/N-ethyl adjacent to an activating group) is 1. The highest BCUT2D eigenvalue weighted by molar-refractivity contribution is 8.18. The smallest absolute Gasteiger partial charge is 0.266 e. The number of carboxylic acid groups (broad SMARTS) is 1. The predicted molar refractivity (Wildman–Crippen MR) is 115 cm³/mol. The summed E-state index contributed by atoms with van der Waals surface area (Å²) in [7, 11) is 3.15. The van der Waals surface area contributed by atoms with Gasteiger partial charge in [0, 0.05) is 13.1 Å². The van der Waals surface area contributed by atoms with Gasteiger partial charge in [0.1, 0.15) is 0 Å². The highest BCUT2D eigenvalue weighted by Crippen LogP contribution is 2.38. The van der Waals surface area contributed by atoms with E-state index in [0.29, 0.717) is 44.5 Å². The molecule has 0 radical (unpaired) electrons. The van der Waals surface area contributed by atoms with Crippen LogP contribution in [0.15, 0.2) is 46.3 Å². The maximum Gasteiger partial charge on any atom is 0.266 e. The zero-order chi connectivity index (χ0) is 21.8. The Kier molecular flexibility index (Phi) is 6.69. The first kappa shape index (κ1) is 21.7. The van der Waals surface area contributed by atoms with Gasteiger partial charge in [-0.3, -0.25) is 9.69 Å². The van der Waals surface area contributed by atoms with Crippen molar-refractivity contribution in [3.8, 4) is 11.5 Å². The third-order valence-corrected chi connectivity index (χ3v) is 5.59. The molecule has 1 aliphatic heterocycles. The molecule has 156 valence electrons. The van der Waals surface area contributed by atoms with Crippen LogP contribution in [0.5, 0.6) is 11.5 Å². The second-order valence-corrected chi connectivity index (χ2v) is 7.58. The lowest BCUT2D eigenvalue weighted by Crippen LogP contribution is -2.23. The number of ether oxygens (including phenoxy) is 2. The molecule has 0 aromatic heterocycles. The van der Waals surface area contributed by atoms with Crippen LogP contribution < -0.4 is 14.6 Å². The Hall–Kier alpha value is -2.97. The van der Waals surface area contributed by atoms with Crippen LogP contribution in [0, 0.1) is 0 Å². The summed E-state index contributed by atoms with van der Waals surface area (Å²) in [6.45, 7) is 2.33. The van der Waals surface area contributed by atoms with Crippen molar-refractivity contribution >= 4 is 52.2 Å². The molecule has 0 saturated carbocycles. The van der Waals surface area contributed by atoms with Crippen molar-refractivity contribution in [2.24, 2.45) is 4.99 Å². The number of carboxylic acids is 1. The molecule has 2 aromatic rings. The van der Waals surface area contributed by atoms with E-state index in [2.05, 4.69) is 4.99 Å². The van der Waals surface area contributed by atoms with Crippen molar-refractivity contribution in [2.75, 3.05) is 20.8 Å². The van der Waals surface area contributed by atoms with Crippen LogP contribution in [-0.4, -0.2) is 42.7 Å². The van der Waals surface area contributed by atoms with Gasteiger partial charge in [0.15, 0.2) is 16.7 Å². The molecule has 1 fully saturated rings. The Morgan fingerprint density at radius 1 is 1.27 bits per heavy atom. The van der Waals surface area contributed by atoms with Gasteiger partial charge in [0.2, 0.25) is 0 Å². The Labute approximate surface area is 183 Å². The van der Waals surface area contributed by atoms with Crippen LogP contribution in [0.3, 0.4) is 0 Å². The minimum absolute atomic E-state index is 0.0575. The number of benzene rings is 2. The van der Waals surface area contributed by atoms with Gasteiger partial charge < -0.3 is 19.4 Å². The summed E-state index contributed by atoms with van der Waals surface area (Å²) in [5.74, 6) is -0.450. The molecule has 1 saturated heterocycles. The van der Waals surface area contributed by atoms with Crippen molar-refractivity contribution < 1.29 is 24.2 Å². The first-order valence-electron chi connectivity index (χ1n) is 8.92. The second-order valence-electron chi connectivity index (χ2n) is 6.16. The molecular formula is C21H18ClN2O5S-. The number of halogens is 1. The quantitative estimate of drug-likeness (QED) is 0.633. The molecule has 0 N–H and O–H groups in total. The number of carbonyl (C=O) groups is 2. The standard InChI is InChI=1S/C21H19ClN2O5S/c1-4-29-17-11-15(22)13(9-16(17)28-3)10-18-19(25)24(2)21(30-18)23-14-7-5-12(6-8-14)20(26)27/h5-11H,4H2,1-3H3,(H,26,27)/p-1/b18-10-,23-21?. The summed E-state index contributed by atoms with van der Waals surface area (Å²) in [4.78, 5) is 29.8. The predicted octanol–water partition coefficient (Wildman–Crippen LogP) is 3.34. The average Bonchev–Trinajstić information content (AvgIpc) is 2.98. The highest BCUT2D eigenvalue weighted by Gasteiger charge is 2.30. The zero-order valence-corrected chi connectivity index (χ0v) is 18.0. The summed E-state index contributed by atoms with van der Waals surface area (Å²) in [5, 5.41) is 11.7. The van der Waals surface area contributed by atoms with Crippen molar-refractivity contribution in [2.45, 2.75) is 6.92 Å². The third kappa shape index (κ3) is 4.60. The minimum Gasteiger partial charge on any atom is -0.545 e. The number of nitrogens with zero attached hydrogens (tertiary/aromatic N) is 2. The van der Waals surface area contributed by atoms with Crippen LogP contribution in [0.25, 0.3) is 6.08 Å². The SMILES string of the molecule is CCOc1cc(Cl)c(/C=C2\SC(=Nc3ccc(C(=O)[O-])cc3)N(C)C2=O)cc1OC. The molecule has 0 bridgehead atoms. The first-order valence-corrected chi connectivity index (χ1v) is 10.1. The van der Waals surface area contributed by atoms with Gasteiger partial charge in [0.05, 0.1) is 35.3 Å². The Balaban J connectivity index is 1.90. The number of methoxy groups -OCH3 is 1. The normalized spacial score (nSPS) is 16.4. The molecule has 1 aliphatic rings. The molecule has 0 unspecified atom stereocenters. The molecule has 3 rings (SSSR count). The molecule has 30 heavy (non-hydrogen) atoms. The molecule has 1 amide bonds. The van der Waals surface area contributed by atoms with E-state index in [9.17, 15) is 14.7 Å². The summed E-state index contributed by atoms with van der Waals surface area (Å²) in [6.07, 6.45) is 1.67. The Morgan fingerprint density at radius 3 is 2.57 bits per heavy atom. The summed E-state index contributed by atoms with van der Waals surface area (Å²) in [5.41, 5.74) is 1.19. The van der Waals surface area contributed by atoms with E-state index in [-0.39, 0.29) is 11.5 Å². The average molecular weight is 446 g/mol. The van der Waals surface area contributed by atoms with E-state index < -0.39 is 5.97 Å². The lowest BCUT2D eigenvalue weighted by Gasteiger charge is -2.11. The topological polar surface area (TPSA) is 91.3 Å². The van der Waals surface area contributed by atoms with Gasteiger partial charge in [-0.25, -0.2) is 4.99 Å². The van der Waals surface area contributed by atoms with Gasteiger partial charge >= 0.3 is 0 Å². The van der Waals surface area contributed by atoms with Crippen LogP contribution in [-0.2, 0) is 4.79 Å². The maximum atomic E-state index is 12.7. The molecule has 0 atom stereocenters. The Morgan fingerprint density at radius 2 is 1.97 bits per heavy atom. The van der Waals surface area contributed by atoms with E-state index >= 15 is 0 Å². The molecule has 0 aliphatic carbocycles. The molecule has 2 aromatic carbocycles. The number of aromatic carboxylic acids is 1. The van der Waals surface area contributed by atoms with E-state index in [1.54, 1.807) is 37.4 Å².